The predicted molar refractivity (Wildman–Crippen MR) is 129 cm³/mol. The van der Waals surface area contributed by atoms with Crippen LogP contribution in [0.3, 0.4) is 0 Å². The van der Waals surface area contributed by atoms with Gasteiger partial charge in [0.2, 0.25) is 0 Å². The molecule has 0 aliphatic heterocycles. The average Bonchev–Trinajstić information content (AvgIpc) is 2.86. The predicted octanol–water partition coefficient (Wildman–Crippen LogP) is 5.00. The first-order valence-electron chi connectivity index (χ1n) is 10.5. The summed E-state index contributed by atoms with van der Waals surface area (Å²) in [4.78, 5) is 0. The smallest absolute Gasteiger partial charge is 0.119 e. The van der Waals surface area contributed by atoms with E-state index < -0.39 is 17.6 Å². The van der Waals surface area contributed by atoms with Gasteiger partial charge in [-0.05, 0) is 47.9 Å². The monoisotopic (exact) mass is 474 g/mol. The van der Waals surface area contributed by atoms with Crippen LogP contribution in [0.25, 0.3) is 0 Å². The summed E-state index contributed by atoms with van der Waals surface area (Å²) in [5.74, 6) is 1.62. The van der Waals surface area contributed by atoms with Crippen molar-refractivity contribution in [1.82, 2.24) is 0 Å². The summed E-state index contributed by atoms with van der Waals surface area (Å²) in [6, 6.07) is 26.1. The van der Waals surface area contributed by atoms with Crippen molar-refractivity contribution in [3.8, 4) is 11.5 Å². The molecule has 2 unspecified atom stereocenters. The van der Waals surface area contributed by atoms with Crippen LogP contribution in [0.1, 0.15) is 23.6 Å². The first-order chi connectivity index (χ1) is 15.5. The van der Waals surface area contributed by atoms with Crippen LogP contribution in [0.15, 0.2) is 78.9 Å². The molecule has 32 heavy (non-hydrogen) atoms. The average molecular weight is 475 g/mol. The van der Waals surface area contributed by atoms with Gasteiger partial charge in [-0.25, -0.2) is 0 Å². The zero-order chi connectivity index (χ0) is 23.0. The highest BCUT2D eigenvalue weighted by Gasteiger charge is 2.31. The van der Waals surface area contributed by atoms with E-state index in [4.69, 9.17) is 32.7 Å². The fourth-order valence-corrected chi connectivity index (χ4v) is 3.69. The maximum absolute atomic E-state index is 9.62. The van der Waals surface area contributed by atoms with Gasteiger partial charge in [0.15, 0.2) is 0 Å². The number of ether oxygens (including phenoxy) is 2. The van der Waals surface area contributed by atoms with Crippen molar-refractivity contribution in [3.05, 3.63) is 95.6 Å². The third kappa shape index (κ3) is 5.96. The fourth-order valence-electron chi connectivity index (χ4n) is 3.51. The van der Waals surface area contributed by atoms with Crippen molar-refractivity contribution in [2.24, 2.45) is 0 Å². The summed E-state index contributed by atoms with van der Waals surface area (Å²) in [6.07, 6.45) is -1.39. The Balaban J connectivity index is 1.89. The molecule has 3 rings (SSSR count). The molecule has 0 heterocycles. The molecule has 0 amide bonds. The molecule has 3 aromatic carbocycles. The molecule has 170 valence electrons. The molecule has 2 atom stereocenters. The van der Waals surface area contributed by atoms with Crippen molar-refractivity contribution in [1.29, 1.82) is 0 Å². The molecule has 0 aromatic heterocycles. The Labute approximate surface area is 199 Å². The van der Waals surface area contributed by atoms with Gasteiger partial charge in [0, 0.05) is 5.41 Å². The Morgan fingerprint density at radius 2 is 1.03 bits per heavy atom. The maximum atomic E-state index is 9.62. The molecule has 4 nitrogen and oxygen atoms in total. The molecule has 0 aliphatic carbocycles. The second kappa shape index (κ2) is 11.6. The number of rotatable bonds is 11. The lowest BCUT2D eigenvalue weighted by molar-refractivity contribution is 0.125. The summed E-state index contributed by atoms with van der Waals surface area (Å²) >= 11 is 11.3. The molecule has 0 saturated carbocycles. The number of hydrogen-bond acceptors (Lipinski definition) is 4. The van der Waals surface area contributed by atoms with Crippen LogP contribution in [0.2, 0.25) is 0 Å². The van der Waals surface area contributed by atoms with E-state index in [2.05, 4.69) is 19.1 Å². The second-order valence-electron chi connectivity index (χ2n) is 7.78. The van der Waals surface area contributed by atoms with E-state index in [1.54, 1.807) is 0 Å². The van der Waals surface area contributed by atoms with Crippen molar-refractivity contribution in [2.75, 3.05) is 25.0 Å². The lowest BCUT2D eigenvalue weighted by Gasteiger charge is -2.32. The van der Waals surface area contributed by atoms with Gasteiger partial charge in [-0.3, -0.25) is 0 Å². The minimum Gasteiger partial charge on any atom is -0.491 e. The largest absolute Gasteiger partial charge is 0.491 e. The Hall–Kier alpha value is -2.24. The van der Waals surface area contributed by atoms with Gasteiger partial charge in [0.1, 0.15) is 36.9 Å². The highest BCUT2D eigenvalue weighted by atomic mass is 35.5. The van der Waals surface area contributed by atoms with Gasteiger partial charge in [-0.2, -0.15) is 0 Å². The highest BCUT2D eigenvalue weighted by molar-refractivity contribution is 6.18. The van der Waals surface area contributed by atoms with E-state index in [9.17, 15) is 10.2 Å². The third-order valence-corrected chi connectivity index (χ3v) is 6.17. The van der Waals surface area contributed by atoms with Gasteiger partial charge in [0.05, 0.1) is 11.8 Å². The van der Waals surface area contributed by atoms with Crippen LogP contribution in [-0.2, 0) is 5.41 Å². The van der Waals surface area contributed by atoms with Crippen LogP contribution >= 0.6 is 23.2 Å². The normalized spacial score (nSPS) is 14.9. The number of halogens is 2. The van der Waals surface area contributed by atoms with E-state index in [0.717, 1.165) is 16.7 Å². The zero-order valence-corrected chi connectivity index (χ0v) is 19.5. The fraction of sp³-hybridized carbons (Fsp3) is 0.308. The lowest BCUT2D eigenvalue weighted by Crippen LogP contribution is -2.25. The highest BCUT2D eigenvalue weighted by Crippen LogP contribution is 2.39. The van der Waals surface area contributed by atoms with Gasteiger partial charge in [-0.1, -0.05) is 54.6 Å². The molecule has 6 heteroatoms. The maximum Gasteiger partial charge on any atom is 0.119 e. The summed E-state index contributed by atoms with van der Waals surface area (Å²) in [5, 5.41) is 19.2. The van der Waals surface area contributed by atoms with Crippen LogP contribution in [0, 0.1) is 0 Å². The molecule has 0 bridgehead atoms. The number of aliphatic hydroxyl groups is 2. The van der Waals surface area contributed by atoms with E-state index in [1.807, 2.05) is 66.7 Å². The molecule has 0 spiro atoms. The minimum absolute atomic E-state index is 0.134. The summed E-state index contributed by atoms with van der Waals surface area (Å²) in [6.45, 7) is 2.49. The Morgan fingerprint density at radius 3 is 1.41 bits per heavy atom. The molecular weight excluding hydrogens is 447 g/mol. The first kappa shape index (κ1) is 24.4. The summed E-state index contributed by atoms with van der Waals surface area (Å²) in [5.41, 5.74) is 2.93. The Kier molecular flexibility index (Phi) is 8.83. The Morgan fingerprint density at radius 1 is 0.656 bits per heavy atom. The van der Waals surface area contributed by atoms with Crippen LogP contribution in [0.4, 0.5) is 0 Å². The second-order valence-corrected chi connectivity index (χ2v) is 8.40. The van der Waals surface area contributed by atoms with Crippen molar-refractivity contribution >= 4 is 23.2 Å². The van der Waals surface area contributed by atoms with Crippen molar-refractivity contribution in [3.63, 3.8) is 0 Å². The van der Waals surface area contributed by atoms with Gasteiger partial charge in [0.25, 0.3) is 0 Å². The standard InChI is InChI=1S/C26H28Cl2O4/c1-26(19-5-3-2-4-6-19,20-7-11-24(12-8-20)31-17-22(29)15-27)21-9-13-25(14-10-21)32-18-23(30)16-28/h2-14,22-23,29-30H,15-18H2,1H3. The number of hydrogen-bond donors (Lipinski definition) is 2. The molecule has 2 N–H and O–H groups in total. The Bertz CT molecular complexity index is 888. The van der Waals surface area contributed by atoms with E-state index >= 15 is 0 Å². The number of benzene rings is 3. The molecule has 3 aromatic rings. The SMILES string of the molecule is CC(c1ccccc1)(c1ccc(OCC(O)CCl)cc1)c1ccc(OCC(O)CCl)cc1. The minimum atomic E-state index is -0.697. The van der Waals surface area contributed by atoms with Crippen molar-refractivity contribution in [2.45, 2.75) is 24.5 Å². The summed E-state index contributed by atoms with van der Waals surface area (Å²) in [7, 11) is 0. The quantitative estimate of drug-likeness (QED) is 0.303. The molecule has 0 fully saturated rings. The van der Waals surface area contributed by atoms with Gasteiger partial charge in [-0.15, -0.1) is 23.2 Å². The first-order valence-corrected chi connectivity index (χ1v) is 11.5. The lowest BCUT2D eigenvalue weighted by atomic mass is 9.71. The number of alkyl halides is 2. The van der Waals surface area contributed by atoms with E-state index in [0.29, 0.717) is 11.5 Å². The van der Waals surface area contributed by atoms with Gasteiger partial charge >= 0.3 is 0 Å². The van der Waals surface area contributed by atoms with Crippen LogP contribution in [-0.4, -0.2) is 47.4 Å². The van der Waals surface area contributed by atoms with Crippen LogP contribution < -0.4 is 9.47 Å². The van der Waals surface area contributed by atoms with Gasteiger partial charge < -0.3 is 19.7 Å². The summed E-state index contributed by atoms with van der Waals surface area (Å²) < 4.78 is 11.3. The van der Waals surface area contributed by atoms with E-state index in [1.165, 1.54) is 0 Å². The molecule has 0 saturated heterocycles. The zero-order valence-electron chi connectivity index (χ0n) is 18.0. The van der Waals surface area contributed by atoms with E-state index in [-0.39, 0.29) is 25.0 Å². The molecular formula is C26H28Cl2O4. The topological polar surface area (TPSA) is 58.9 Å². The van der Waals surface area contributed by atoms with Crippen molar-refractivity contribution < 1.29 is 19.7 Å². The molecule has 0 aliphatic rings. The third-order valence-electron chi connectivity index (χ3n) is 5.46. The number of aliphatic hydroxyl groups excluding tert-OH is 2. The molecule has 0 radical (unpaired) electrons. The van der Waals surface area contributed by atoms with Crippen LogP contribution in [0.5, 0.6) is 11.5 Å².